The van der Waals surface area contributed by atoms with E-state index < -0.39 is 55.1 Å². The topological polar surface area (TPSA) is 128 Å². The number of benzene rings is 1. The molecule has 1 aliphatic heterocycles. The molecule has 5 N–H and O–H groups in total. The second-order valence-electron chi connectivity index (χ2n) is 6.50. The number of hydrogen-bond acceptors (Lipinski definition) is 7. The van der Waals surface area contributed by atoms with Gasteiger partial charge >= 0.3 is 6.18 Å². The summed E-state index contributed by atoms with van der Waals surface area (Å²) in [6.07, 6.45) is -13.1. The number of ether oxygens (including phenoxy) is 2. The fourth-order valence-electron chi connectivity index (χ4n) is 2.93. The Bertz CT molecular complexity index is 830. The Morgan fingerprint density at radius 1 is 1.10 bits per heavy atom. The van der Waals surface area contributed by atoms with Gasteiger partial charge in [0, 0.05) is 11.4 Å². The minimum absolute atomic E-state index is 0.227. The summed E-state index contributed by atoms with van der Waals surface area (Å²) in [5.41, 5.74) is -1.01. The van der Waals surface area contributed by atoms with Crippen molar-refractivity contribution in [1.29, 1.82) is 0 Å². The third-order valence-electron chi connectivity index (χ3n) is 4.48. The van der Waals surface area contributed by atoms with Gasteiger partial charge < -0.3 is 29.9 Å². The van der Waals surface area contributed by atoms with Crippen LogP contribution in [0.15, 0.2) is 24.3 Å². The quantitative estimate of drug-likeness (QED) is 0.468. The van der Waals surface area contributed by atoms with Gasteiger partial charge in [-0.2, -0.15) is 13.2 Å². The fraction of sp³-hybridized carbons (Fsp3) is 0.471. The Hall–Kier alpha value is -1.89. The molecule has 29 heavy (non-hydrogen) atoms. The molecule has 1 saturated heterocycles. The highest BCUT2D eigenvalue weighted by atomic mass is 35.5. The van der Waals surface area contributed by atoms with Gasteiger partial charge in [-0.1, -0.05) is 23.7 Å². The number of H-pyrrole nitrogens is 1. The second kappa shape index (κ2) is 8.46. The highest BCUT2D eigenvalue weighted by Crippen LogP contribution is 2.36. The molecule has 0 aliphatic carbocycles. The van der Waals surface area contributed by atoms with Crippen LogP contribution in [0.5, 0.6) is 5.88 Å². The predicted octanol–water partition coefficient (Wildman–Crippen LogP) is 0.851. The molecule has 12 heteroatoms. The highest BCUT2D eigenvalue weighted by molar-refractivity contribution is 6.30. The molecule has 8 nitrogen and oxygen atoms in total. The van der Waals surface area contributed by atoms with Crippen molar-refractivity contribution in [2.45, 2.75) is 43.3 Å². The van der Waals surface area contributed by atoms with E-state index in [1.165, 1.54) is 24.3 Å². The minimum Gasteiger partial charge on any atom is -0.443 e. The molecule has 0 bridgehead atoms. The number of aliphatic hydroxyl groups excluding tert-OH is 4. The Labute approximate surface area is 167 Å². The van der Waals surface area contributed by atoms with E-state index in [0.29, 0.717) is 10.6 Å². The van der Waals surface area contributed by atoms with Crippen molar-refractivity contribution in [1.82, 2.24) is 10.2 Å². The number of halogens is 4. The zero-order valence-corrected chi connectivity index (χ0v) is 15.4. The van der Waals surface area contributed by atoms with Gasteiger partial charge in [-0.3, -0.25) is 5.10 Å². The standard InChI is InChI=1S/C17H18ClF3N2O6/c18-8-3-1-7(2-4-8)5-9-14(17(19,20)21)22-23-15(9)29-16-13(27)12(26)11(25)10(6-24)28-16/h1-4,10-13,16,24-27H,5-6H2,(H,22,23)/t10-,11-,12+,13-,16-/m1/s1. The molecule has 0 amide bonds. The summed E-state index contributed by atoms with van der Waals surface area (Å²) >= 11 is 5.79. The third kappa shape index (κ3) is 4.65. The van der Waals surface area contributed by atoms with Gasteiger partial charge in [0.25, 0.3) is 0 Å². The number of nitrogens with zero attached hydrogens (tertiary/aromatic N) is 1. The molecule has 0 radical (unpaired) electrons. The van der Waals surface area contributed by atoms with Crippen LogP contribution in [0.2, 0.25) is 5.02 Å². The summed E-state index contributed by atoms with van der Waals surface area (Å²) < 4.78 is 50.6. The number of nitrogens with one attached hydrogen (secondary N) is 1. The molecule has 0 unspecified atom stereocenters. The number of alkyl halides is 3. The Balaban J connectivity index is 1.90. The van der Waals surface area contributed by atoms with Crippen LogP contribution >= 0.6 is 11.6 Å². The van der Waals surface area contributed by atoms with E-state index in [2.05, 4.69) is 5.10 Å². The Morgan fingerprint density at radius 3 is 2.34 bits per heavy atom. The lowest BCUT2D eigenvalue weighted by molar-refractivity contribution is -0.278. The number of aliphatic hydroxyl groups is 4. The van der Waals surface area contributed by atoms with Crippen molar-refractivity contribution in [2.24, 2.45) is 0 Å². The van der Waals surface area contributed by atoms with E-state index in [1.54, 1.807) is 0 Å². The molecule has 1 aliphatic rings. The molecule has 1 fully saturated rings. The lowest BCUT2D eigenvalue weighted by atomic mass is 9.99. The predicted molar refractivity (Wildman–Crippen MR) is 92.2 cm³/mol. The van der Waals surface area contributed by atoms with E-state index in [1.807, 2.05) is 5.10 Å². The summed E-state index contributed by atoms with van der Waals surface area (Å²) in [6.45, 7) is -0.712. The van der Waals surface area contributed by atoms with Gasteiger partial charge in [0.2, 0.25) is 12.2 Å². The number of hydrogen-bond donors (Lipinski definition) is 5. The van der Waals surface area contributed by atoms with Crippen LogP contribution in [-0.4, -0.2) is 67.9 Å². The van der Waals surface area contributed by atoms with E-state index in [9.17, 15) is 33.6 Å². The monoisotopic (exact) mass is 438 g/mol. The smallest absolute Gasteiger partial charge is 0.433 e. The first-order chi connectivity index (χ1) is 13.6. The van der Waals surface area contributed by atoms with Crippen LogP contribution in [0.25, 0.3) is 0 Å². The first kappa shape index (κ1) is 21.8. The van der Waals surface area contributed by atoms with Crippen molar-refractivity contribution >= 4 is 11.6 Å². The molecule has 1 aromatic heterocycles. The maximum atomic E-state index is 13.4. The van der Waals surface area contributed by atoms with Crippen molar-refractivity contribution in [3.63, 3.8) is 0 Å². The first-order valence-corrected chi connectivity index (χ1v) is 8.85. The number of aromatic nitrogens is 2. The van der Waals surface area contributed by atoms with Crippen LogP contribution in [0.4, 0.5) is 13.2 Å². The molecule has 2 heterocycles. The van der Waals surface area contributed by atoms with Gasteiger partial charge in [0.1, 0.15) is 30.1 Å². The zero-order chi connectivity index (χ0) is 21.3. The summed E-state index contributed by atoms with van der Waals surface area (Å²) in [4.78, 5) is 0. The van der Waals surface area contributed by atoms with Gasteiger partial charge in [-0.25, -0.2) is 0 Å². The van der Waals surface area contributed by atoms with Crippen LogP contribution in [-0.2, 0) is 17.3 Å². The summed E-state index contributed by atoms with van der Waals surface area (Å²) in [7, 11) is 0. The maximum Gasteiger partial charge on any atom is 0.433 e. The first-order valence-electron chi connectivity index (χ1n) is 8.48. The molecule has 1 aromatic carbocycles. The summed E-state index contributed by atoms with van der Waals surface area (Å²) in [6, 6.07) is 6.10. The van der Waals surface area contributed by atoms with Crippen LogP contribution in [0.3, 0.4) is 0 Å². The van der Waals surface area contributed by atoms with E-state index in [-0.39, 0.29) is 12.0 Å². The third-order valence-corrected chi connectivity index (χ3v) is 4.74. The van der Waals surface area contributed by atoms with E-state index >= 15 is 0 Å². The normalized spacial score (nSPS) is 27.8. The maximum absolute atomic E-state index is 13.4. The number of aromatic amines is 1. The SMILES string of the molecule is OC[C@H]1O[C@H](Oc2n[nH]c(C(F)(F)F)c2Cc2ccc(Cl)cc2)[C@H](O)[C@@H](O)[C@@H]1O. The molecule has 5 atom stereocenters. The molecular formula is C17H18ClF3N2O6. The minimum atomic E-state index is -4.76. The Kier molecular flexibility index (Phi) is 6.36. The van der Waals surface area contributed by atoms with E-state index in [0.717, 1.165) is 0 Å². The molecule has 3 rings (SSSR count). The molecule has 0 saturated carbocycles. The van der Waals surface area contributed by atoms with Gasteiger partial charge in [-0.15, -0.1) is 5.10 Å². The summed E-state index contributed by atoms with van der Waals surface area (Å²) in [5, 5.41) is 44.7. The lowest BCUT2D eigenvalue weighted by Gasteiger charge is -2.39. The van der Waals surface area contributed by atoms with Crippen molar-refractivity contribution in [3.05, 3.63) is 46.1 Å². The van der Waals surface area contributed by atoms with Crippen molar-refractivity contribution < 1.29 is 43.1 Å². The van der Waals surface area contributed by atoms with Crippen LogP contribution in [0.1, 0.15) is 16.8 Å². The van der Waals surface area contributed by atoms with Gasteiger partial charge in [0.15, 0.2) is 0 Å². The average Bonchev–Trinajstić information content (AvgIpc) is 3.06. The fourth-order valence-corrected chi connectivity index (χ4v) is 3.05. The average molecular weight is 439 g/mol. The van der Waals surface area contributed by atoms with Crippen LogP contribution in [0, 0.1) is 0 Å². The highest BCUT2D eigenvalue weighted by Gasteiger charge is 2.46. The number of rotatable bonds is 5. The van der Waals surface area contributed by atoms with Crippen molar-refractivity contribution in [3.8, 4) is 5.88 Å². The van der Waals surface area contributed by atoms with E-state index in [4.69, 9.17) is 21.1 Å². The van der Waals surface area contributed by atoms with Crippen molar-refractivity contribution in [2.75, 3.05) is 6.61 Å². The zero-order valence-electron chi connectivity index (χ0n) is 14.7. The van der Waals surface area contributed by atoms with Gasteiger partial charge in [0.05, 0.1) is 12.2 Å². The Morgan fingerprint density at radius 2 is 1.76 bits per heavy atom. The lowest BCUT2D eigenvalue weighted by Crippen LogP contribution is -2.60. The largest absolute Gasteiger partial charge is 0.443 e. The molecule has 0 spiro atoms. The molecule has 160 valence electrons. The molecular weight excluding hydrogens is 421 g/mol. The van der Waals surface area contributed by atoms with Gasteiger partial charge in [-0.05, 0) is 17.7 Å². The molecule has 2 aromatic rings. The van der Waals surface area contributed by atoms with Crippen LogP contribution < -0.4 is 4.74 Å². The second-order valence-corrected chi connectivity index (χ2v) is 6.93. The summed E-state index contributed by atoms with van der Waals surface area (Å²) in [5.74, 6) is -0.503.